The van der Waals surface area contributed by atoms with Gasteiger partial charge in [-0.2, -0.15) is 0 Å². The van der Waals surface area contributed by atoms with Crippen LogP contribution in [0.3, 0.4) is 0 Å². The molecule has 0 aliphatic carbocycles. The van der Waals surface area contributed by atoms with Crippen molar-refractivity contribution in [3.05, 3.63) is 29.8 Å². The van der Waals surface area contributed by atoms with Gasteiger partial charge in [-0.05, 0) is 30.9 Å². The van der Waals surface area contributed by atoms with E-state index >= 15 is 0 Å². The van der Waals surface area contributed by atoms with Gasteiger partial charge in [-0.3, -0.25) is 0 Å². The van der Waals surface area contributed by atoms with Crippen molar-refractivity contribution in [2.24, 2.45) is 5.92 Å². The Labute approximate surface area is 110 Å². The summed E-state index contributed by atoms with van der Waals surface area (Å²) in [6.45, 7) is 1.46. The summed E-state index contributed by atoms with van der Waals surface area (Å²) in [6, 6.07) is 2.41. The first-order valence-corrected chi connectivity index (χ1v) is 7.50. The molecule has 1 saturated heterocycles. The monoisotopic (exact) mass is 291 g/mol. The Morgan fingerprint density at radius 3 is 2.58 bits per heavy atom. The third kappa shape index (κ3) is 3.71. The van der Waals surface area contributed by atoms with Crippen LogP contribution in [0.2, 0.25) is 0 Å². The lowest BCUT2D eigenvalue weighted by Crippen LogP contribution is -2.32. The van der Waals surface area contributed by atoms with Crippen molar-refractivity contribution in [3.8, 4) is 0 Å². The molecule has 0 unspecified atom stereocenters. The molecular formula is C12H15F2NO3S. The minimum atomic E-state index is -3.94. The van der Waals surface area contributed by atoms with Crippen LogP contribution in [0, 0.1) is 17.6 Å². The zero-order chi connectivity index (χ0) is 13.9. The van der Waals surface area contributed by atoms with Crippen LogP contribution < -0.4 is 4.72 Å². The molecule has 4 nitrogen and oxygen atoms in total. The smallest absolute Gasteiger partial charge is 0.243 e. The number of hydrogen-bond donors (Lipinski definition) is 1. The molecule has 1 fully saturated rings. The van der Waals surface area contributed by atoms with Crippen LogP contribution in [-0.2, 0) is 14.8 Å². The number of nitrogens with one attached hydrogen (secondary N) is 1. The molecule has 0 radical (unpaired) electrons. The second-order valence-corrected chi connectivity index (χ2v) is 6.22. The second-order valence-electron chi connectivity index (χ2n) is 4.48. The maximum atomic E-state index is 13.4. The highest BCUT2D eigenvalue weighted by atomic mass is 32.2. The number of sulfonamides is 1. The highest BCUT2D eigenvalue weighted by Gasteiger charge is 2.22. The molecule has 1 heterocycles. The molecule has 106 valence electrons. The standard InChI is InChI=1S/C12H15F2NO3S/c13-10-1-2-12(11(14)7-10)19(16,17)15-8-9-3-5-18-6-4-9/h1-2,7,9,15H,3-6,8H2. The fraction of sp³-hybridized carbons (Fsp3) is 0.500. The second kappa shape index (κ2) is 5.94. The molecule has 1 aromatic carbocycles. The first kappa shape index (κ1) is 14.4. The molecule has 7 heteroatoms. The first-order chi connectivity index (χ1) is 8.99. The summed E-state index contributed by atoms with van der Waals surface area (Å²) in [5, 5.41) is 0. The Morgan fingerprint density at radius 2 is 1.95 bits per heavy atom. The molecule has 1 aliphatic heterocycles. The summed E-state index contributed by atoms with van der Waals surface area (Å²) in [5.74, 6) is -1.70. The Hall–Kier alpha value is -1.05. The van der Waals surface area contributed by atoms with Gasteiger partial charge in [0, 0.05) is 25.8 Å². The Kier molecular flexibility index (Phi) is 4.49. The predicted molar refractivity (Wildman–Crippen MR) is 65.1 cm³/mol. The number of halogens is 2. The third-order valence-corrected chi connectivity index (χ3v) is 4.54. The molecule has 0 atom stereocenters. The van der Waals surface area contributed by atoms with E-state index in [9.17, 15) is 17.2 Å². The van der Waals surface area contributed by atoms with E-state index in [1.165, 1.54) is 0 Å². The molecule has 1 aromatic rings. The van der Waals surface area contributed by atoms with E-state index in [0.717, 1.165) is 25.0 Å². The lowest BCUT2D eigenvalue weighted by molar-refractivity contribution is 0.0678. The summed E-state index contributed by atoms with van der Waals surface area (Å²) < 4.78 is 57.5. The van der Waals surface area contributed by atoms with E-state index < -0.39 is 26.6 Å². The van der Waals surface area contributed by atoms with E-state index in [4.69, 9.17) is 4.74 Å². The van der Waals surface area contributed by atoms with Gasteiger partial charge in [0.1, 0.15) is 16.5 Å². The Bertz CT molecular complexity index is 542. The highest BCUT2D eigenvalue weighted by Crippen LogP contribution is 2.17. The van der Waals surface area contributed by atoms with E-state index in [1.807, 2.05) is 0 Å². The maximum absolute atomic E-state index is 13.4. The van der Waals surface area contributed by atoms with E-state index in [1.54, 1.807) is 0 Å². The first-order valence-electron chi connectivity index (χ1n) is 6.01. The summed E-state index contributed by atoms with van der Waals surface area (Å²) in [7, 11) is -3.94. The topological polar surface area (TPSA) is 55.4 Å². The number of ether oxygens (including phenoxy) is 1. The van der Waals surface area contributed by atoms with E-state index in [-0.39, 0.29) is 12.5 Å². The van der Waals surface area contributed by atoms with Gasteiger partial charge in [-0.1, -0.05) is 0 Å². The Balaban J connectivity index is 2.05. The van der Waals surface area contributed by atoms with Gasteiger partial charge in [-0.25, -0.2) is 21.9 Å². The zero-order valence-electron chi connectivity index (χ0n) is 10.2. The molecule has 0 amide bonds. The molecule has 0 aromatic heterocycles. The van der Waals surface area contributed by atoms with Crippen LogP contribution in [-0.4, -0.2) is 28.2 Å². The SMILES string of the molecule is O=S(=O)(NCC1CCOCC1)c1ccc(F)cc1F. The van der Waals surface area contributed by atoms with Crippen molar-refractivity contribution in [2.75, 3.05) is 19.8 Å². The zero-order valence-corrected chi connectivity index (χ0v) is 11.1. The van der Waals surface area contributed by atoms with Crippen LogP contribution in [0.5, 0.6) is 0 Å². The minimum absolute atomic E-state index is 0.187. The van der Waals surface area contributed by atoms with Crippen molar-refractivity contribution < 1.29 is 21.9 Å². The normalized spacial score (nSPS) is 17.6. The van der Waals surface area contributed by atoms with Gasteiger partial charge < -0.3 is 4.74 Å². The van der Waals surface area contributed by atoms with Crippen molar-refractivity contribution in [1.29, 1.82) is 0 Å². The van der Waals surface area contributed by atoms with E-state index in [2.05, 4.69) is 4.72 Å². The highest BCUT2D eigenvalue weighted by molar-refractivity contribution is 7.89. The predicted octanol–water partition coefficient (Wildman–Crippen LogP) is 1.67. The van der Waals surface area contributed by atoms with Crippen LogP contribution >= 0.6 is 0 Å². The third-order valence-electron chi connectivity index (χ3n) is 3.09. The molecule has 2 rings (SSSR count). The maximum Gasteiger partial charge on any atom is 0.243 e. The van der Waals surface area contributed by atoms with Gasteiger partial charge in [0.15, 0.2) is 0 Å². The minimum Gasteiger partial charge on any atom is -0.381 e. The van der Waals surface area contributed by atoms with Crippen molar-refractivity contribution in [3.63, 3.8) is 0 Å². The largest absolute Gasteiger partial charge is 0.381 e. The number of rotatable bonds is 4. The summed E-state index contributed by atoms with van der Waals surface area (Å²) in [4.78, 5) is -0.527. The van der Waals surface area contributed by atoms with E-state index in [0.29, 0.717) is 19.3 Å². The average Bonchev–Trinajstić information content (AvgIpc) is 2.37. The fourth-order valence-corrected chi connectivity index (χ4v) is 3.12. The van der Waals surface area contributed by atoms with Crippen molar-refractivity contribution in [2.45, 2.75) is 17.7 Å². The molecule has 1 N–H and O–H groups in total. The van der Waals surface area contributed by atoms with Gasteiger partial charge in [0.05, 0.1) is 0 Å². The van der Waals surface area contributed by atoms with Crippen molar-refractivity contribution in [1.82, 2.24) is 4.72 Å². The number of benzene rings is 1. The average molecular weight is 291 g/mol. The summed E-state index contributed by atoms with van der Waals surface area (Å²) in [5.41, 5.74) is 0. The molecule has 0 bridgehead atoms. The van der Waals surface area contributed by atoms with Gasteiger partial charge in [-0.15, -0.1) is 0 Å². The van der Waals surface area contributed by atoms with Crippen LogP contribution in [0.1, 0.15) is 12.8 Å². The quantitative estimate of drug-likeness (QED) is 0.918. The number of hydrogen-bond acceptors (Lipinski definition) is 3. The summed E-state index contributed by atoms with van der Waals surface area (Å²) in [6.07, 6.45) is 1.54. The lowest BCUT2D eigenvalue weighted by atomic mass is 10.0. The van der Waals surface area contributed by atoms with Gasteiger partial charge in [0.25, 0.3) is 0 Å². The fourth-order valence-electron chi connectivity index (χ4n) is 1.95. The van der Waals surface area contributed by atoms with Crippen LogP contribution in [0.15, 0.2) is 23.1 Å². The Morgan fingerprint density at radius 1 is 1.26 bits per heavy atom. The molecule has 0 spiro atoms. The van der Waals surface area contributed by atoms with Crippen LogP contribution in [0.4, 0.5) is 8.78 Å². The molecule has 0 saturated carbocycles. The molecule has 19 heavy (non-hydrogen) atoms. The van der Waals surface area contributed by atoms with Gasteiger partial charge in [0.2, 0.25) is 10.0 Å². The van der Waals surface area contributed by atoms with Crippen LogP contribution in [0.25, 0.3) is 0 Å². The van der Waals surface area contributed by atoms with Crippen molar-refractivity contribution >= 4 is 10.0 Å². The summed E-state index contributed by atoms with van der Waals surface area (Å²) >= 11 is 0. The molecular weight excluding hydrogens is 276 g/mol. The lowest BCUT2D eigenvalue weighted by Gasteiger charge is -2.22. The molecule has 1 aliphatic rings. The van der Waals surface area contributed by atoms with Gasteiger partial charge >= 0.3 is 0 Å².